The molecule has 0 saturated carbocycles. The first-order valence-corrected chi connectivity index (χ1v) is 9.49. The number of nitrogens with one attached hydrogen (secondary N) is 1. The van der Waals surface area contributed by atoms with Crippen molar-refractivity contribution in [3.05, 3.63) is 53.4 Å². The Balaban J connectivity index is 1.55. The van der Waals surface area contributed by atoms with Crippen LogP contribution in [0.25, 0.3) is 11.4 Å². The SMILES string of the molecule is COc1cc(CNC(=O)CCc2nc(-c3ccc(C)cc3)no2)cc(OC)c1OC. The second-order valence-corrected chi connectivity index (χ2v) is 6.69. The van der Waals surface area contributed by atoms with Gasteiger partial charge in [0.25, 0.3) is 0 Å². The van der Waals surface area contributed by atoms with Gasteiger partial charge in [0.15, 0.2) is 11.5 Å². The number of rotatable bonds is 9. The average molecular weight is 411 g/mol. The molecule has 1 aromatic heterocycles. The van der Waals surface area contributed by atoms with Crippen LogP contribution in [-0.4, -0.2) is 37.4 Å². The molecule has 1 amide bonds. The number of benzene rings is 2. The number of hydrogen-bond donors (Lipinski definition) is 1. The largest absolute Gasteiger partial charge is 0.493 e. The molecule has 0 aliphatic heterocycles. The van der Waals surface area contributed by atoms with Crippen LogP contribution in [0.4, 0.5) is 0 Å². The second-order valence-electron chi connectivity index (χ2n) is 6.69. The Kier molecular flexibility index (Phi) is 6.90. The maximum Gasteiger partial charge on any atom is 0.227 e. The van der Waals surface area contributed by atoms with Crippen molar-refractivity contribution in [2.24, 2.45) is 0 Å². The molecular weight excluding hydrogens is 386 g/mol. The van der Waals surface area contributed by atoms with Gasteiger partial charge in [-0.3, -0.25) is 4.79 Å². The fourth-order valence-corrected chi connectivity index (χ4v) is 2.92. The van der Waals surface area contributed by atoms with Crippen LogP contribution in [0.1, 0.15) is 23.4 Å². The minimum absolute atomic E-state index is 0.126. The average Bonchev–Trinajstić information content (AvgIpc) is 3.24. The highest BCUT2D eigenvalue weighted by molar-refractivity contribution is 5.76. The van der Waals surface area contributed by atoms with E-state index >= 15 is 0 Å². The van der Waals surface area contributed by atoms with Gasteiger partial charge in [0.05, 0.1) is 21.3 Å². The topological polar surface area (TPSA) is 95.7 Å². The van der Waals surface area contributed by atoms with E-state index in [1.54, 1.807) is 33.5 Å². The second kappa shape index (κ2) is 9.78. The monoisotopic (exact) mass is 411 g/mol. The molecule has 0 fully saturated rings. The van der Waals surface area contributed by atoms with Crippen molar-refractivity contribution < 1.29 is 23.5 Å². The van der Waals surface area contributed by atoms with Crippen LogP contribution in [0.15, 0.2) is 40.9 Å². The maximum atomic E-state index is 12.2. The Morgan fingerprint density at radius 2 is 1.70 bits per heavy atom. The maximum absolute atomic E-state index is 12.2. The molecule has 3 rings (SSSR count). The molecule has 0 saturated heterocycles. The highest BCUT2D eigenvalue weighted by Crippen LogP contribution is 2.38. The molecule has 1 heterocycles. The molecule has 158 valence electrons. The summed E-state index contributed by atoms with van der Waals surface area (Å²) in [4.78, 5) is 16.6. The normalized spacial score (nSPS) is 10.5. The van der Waals surface area contributed by atoms with Crippen molar-refractivity contribution in [1.82, 2.24) is 15.5 Å². The lowest BCUT2D eigenvalue weighted by molar-refractivity contribution is -0.121. The summed E-state index contributed by atoms with van der Waals surface area (Å²) >= 11 is 0. The molecule has 8 nitrogen and oxygen atoms in total. The van der Waals surface area contributed by atoms with E-state index in [1.807, 2.05) is 31.2 Å². The molecule has 30 heavy (non-hydrogen) atoms. The summed E-state index contributed by atoms with van der Waals surface area (Å²) in [6.07, 6.45) is 0.597. The van der Waals surface area contributed by atoms with Crippen LogP contribution in [0.5, 0.6) is 17.2 Å². The summed E-state index contributed by atoms with van der Waals surface area (Å²) in [6.45, 7) is 2.34. The number of amides is 1. The van der Waals surface area contributed by atoms with E-state index in [2.05, 4.69) is 15.5 Å². The quantitative estimate of drug-likeness (QED) is 0.577. The third-order valence-corrected chi connectivity index (χ3v) is 4.56. The first-order chi connectivity index (χ1) is 14.5. The van der Waals surface area contributed by atoms with Gasteiger partial charge in [0.2, 0.25) is 23.4 Å². The minimum Gasteiger partial charge on any atom is -0.493 e. The number of aromatic nitrogens is 2. The van der Waals surface area contributed by atoms with E-state index in [-0.39, 0.29) is 12.3 Å². The highest BCUT2D eigenvalue weighted by Gasteiger charge is 2.14. The van der Waals surface area contributed by atoms with Gasteiger partial charge in [-0.15, -0.1) is 0 Å². The molecule has 0 aliphatic rings. The van der Waals surface area contributed by atoms with Gasteiger partial charge in [-0.25, -0.2) is 0 Å². The van der Waals surface area contributed by atoms with Gasteiger partial charge in [-0.05, 0) is 24.6 Å². The van der Waals surface area contributed by atoms with Gasteiger partial charge >= 0.3 is 0 Å². The van der Waals surface area contributed by atoms with E-state index in [1.165, 1.54) is 0 Å². The number of methoxy groups -OCH3 is 3. The number of hydrogen-bond acceptors (Lipinski definition) is 7. The van der Waals surface area contributed by atoms with Gasteiger partial charge in [0.1, 0.15) is 0 Å². The molecule has 2 aromatic carbocycles. The van der Waals surface area contributed by atoms with Gasteiger partial charge in [-0.2, -0.15) is 4.98 Å². The van der Waals surface area contributed by atoms with Crippen LogP contribution >= 0.6 is 0 Å². The molecule has 0 bridgehead atoms. The van der Waals surface area contributed by atoms with E-state index in [4.69, 9.17) is 18.7 Å². The van der Waals surface area contributed by atoms with Gasteiger partial charge < -0.3 is 24.1 Å². The Morgan fingerprint density at radius 1 is 1.03 bits per heavy atom. The molecule has 1 N–H and O–H groups in total. The number of nitrogens with zero attached hydrogens (tertiary/aromatic N) is 2. The Hall–Kier alpha value is -3.55. The molecule has 0 atom stereocenters. The third-order valence-electron chi connectivity index (χ3n) is 4.56. The zero-order chi connectivity index (χ0) is 21.5. The van der Waals surface area contributed by atoms with Gasteiger partial charge in [0, 0.05) is 24.9 Å². The standard InChI is InChI=1S/C22H25N3O5/c1-14-5-7-16(8-6-14)22-24-20(30-25-22)10-9-19(26)23-13-15-11-17(27-2)21(29-4)18(12-15)28-3/h5-8,11-12H,9-10,13H2,1-4H3,(H,23,26). The van der Waals surface area contributed by atoms with E-state index < -0.39 is 0 Å². The van der Waals surface area contributed by atoms with Crippen LogP contribution in [0, 0.1) is 6.92 Å². The van der Waals surface area contributed by atoms with Crippen LogP contribution in [-0.2, 0) is 17.8 Å². The number of aryl methyl sites for hydroxylation is 2. The predicted molar refractivity (Wildman–Crippen MR) is 111 cm³/mol. The van der Waals surface area contributed by atoms with Crippen molar-refractivity contribution in [3.8, 4) is 28.6 Å². The molecular formula is C22H25N3O5. The van der Waals surface area contributed by atoms with Crippen molar-refractivity contribution in [3.63, 3.8) is 0 Å². The van der Waals surface area contributed by atoms with Crippen LogP contribution in [0.2, 0.25) is 0 Å². The van der Waals surface area contributed by atoms with Crippen molar-refractivity contribution in [1.29, 1.82) is 0 Å². The van der Waals surface area contributed by atoms with Gasteiger partial charge in [-0.1, -0.05) is 35.0 Å². The lowest BCUT2D eigenvalue weighted by Crippen LogP contribution is -2.23. The summed E-state index contributed by atoms with van der Waals surface area (Å²) in [5, 5.41) is 6.86. The fourth-order valence-electron chi connectivity index (χ4n) is 2.92. The highest BCUT2D eigenvalue weighted by atomic mass is 16.5. The van der Waals surface area contributed by atoms with E-state index in [0.29, 0.717) is 41.9 Å². The molecule has 0 spiro atoms. The van der Waals surface area contributed by atoms with Crippen molar-refractivity contribution >= 4 is 5.91 Å². The fraction of sp³-hybridized carbons (Fsp3) is 0.318. The van der Waals surface area contributed by atoms with E-state index in [0.717, 1.165) is 16.7 Å². The Labute approximate surface area is 175 Å². The summed E-state index contributed by atoms with van der Waals surface area (Å²) < 4.78 is 21.2. The third kappa shape index (κ3) is 5.08. The Morgan fingerprint density at radius 3 is 2.30 bits per heavy atom. The molecule has 8 heteroatoms. The summed E-state index contributed by atoms with van der Waals surface area (Å²) in [7, 11) is 4.65. The summed E-state index contributed by atoms with van der Waals surface area (Å²) in [6, 6.07) is 11.5. The molecule has 0 radical (unpaired) electrons. The lowest BCUT2D eigenvalue weighted by atomic mass is 10.1. The lowest BCUT2D eigenvalue weighted by Gasteiger charge is -2.14. The predicted octanol–water partition coefficient (Wildman–Crippen LogP) is 3.32. The Bertz CT molecular complexity index is 973. The van der Waals surface area contributed by atoms with Crippen molar-refractivity contribution in [2.45, 2.75) is 26.3 Å². The molecule has 0 aliphatic carbocycles. The number of carbonyl (C=O) groups excluding carboxylic acids is 1. The van der Waals surface area contributed by atoms with Crippen LogP contribution in [0.3, 0.4) is 0 Å². The minimum atomic E-state index is -0.126. The smallest absolute Gasteiger partial charge is 0.227 e. The van der Waals surface area contributed by atoms with Crippen LogP contribution < -0.4 is 19.5 Å². The summed E-state index contributed by atoms with van der Waals surface area (Å²) in [5.74, 6) is 2.40. The molecule has 3 aromatic rings. The van der Waals surface area contributed by atoms with Crippen molar-refractivity contribution in [2.75, 3.05) is 21.3 Å². The molecule has 0 unspecified atom stereocenters. The first kappa shape index (κ1) is 21.2. The first-order valence-electron chi connectivity index (χ1n) is 9.49. The number of ether oxygens (including phenoxy) is 3. The summed E-state index contributed by atoms with van der Waals surface area (Å²) in [5.41, 5.74) is 2.87. The van der Waals surface area contributed by atoms with E-state index in [9.17, 15) is 4.79 Å². The zero-order valence-corrected chi connectivity index (χ0v) is 17.5. The zero-order valence-electron chi connectivity index (χ0n) is 17.5. The number of carbonyl (C=O) groups is 1.